The van der Waals surface area contributed by atoms with Crippen molar-refractivity contribution in [1.82, 2.24) is 4.90 Å². The molecule has 0 saturated carbocycles. The van der Waals surface area contributed by atoms with Gasteiger partial charge in [-0.15, -0.1) is 0 Å². The molecule has 1 fully saturated rings. The van der Waals surface area contributed by atoms with Gasteiger partial charge in [-0.2, -0.15) is 11.8 Å². The van der Waals surface area contributed by atoms with Crippen molar-refractivity contribution < 1.29 is 9.90 Å². The Bertz CT molecular complexity index is 186. The van der Waals surface area contributed by atoms with Crippen molar-refractivity contribution in [3.63, 3.8) is 0 Å². The molecule has 1 aliphatic rings. The summed E-state index contributed by atoms with van der Waals surface area (Å²) in [7, 11) is 0. The first-order valence-corrected chi connectivity index (χ1v) is 5.88. The predicted octanol–water partition coefficient (Wildman–Crippen LogP) is 1.29. The molecule has 13 heavy (non-hydrogen) atoms. The molecule has 1 aliphatic heterocycles. The minimum absolute atomic E-state index is 0.270. The standard InChI is InChI=1S/C9H17NO2S/c1-3-7(2)10-4-5-13-6-8(10)9(11)12/h7-8H,3-6H2,1-2H3,(H,11,12). The van der Waals surface area contributed by atoms with Crippen LogP contribution >= 0.6 is 11.8 Å². The number of carbonyl (C=O) groups is 1. The number of carboxylic acids is 1. The van der Waals surface area contributed by atoms with E-state index in [1.807, 2.05) is 0 Å². The van der Waals surface area contributed by atoms with E-state index in [0.29, 0.717) is 6.04 Å². The monoisotopic (exact) mass is 203 g/mol. The number of thioether (sulfide) groups is 1. The number of hydrogen-bond donors (Lipinski definition) is 1. The Hall–Kier alpha value is -0.220. The molecule has 0 spiro atoms. The lowest BCUT2D eigenvalue weighted by atomic mass is 10.1. The Morgan fingerprint density at radius 1 is 1.77 bits per heavy atom. The van der Waals surface area contributed by atoms with Crippen molar-refractivity contribution >= 4 is 17.7 Å². The van der Waals surface area contributed by atoms with Gasteiger partial charge in [-0.25, -0.2) is 0 Å². The van der Waals surface area contributed by atoms with Gasteiger partial charge < -0.3 is 5.11 Å². The molecular weight excluding hydrogens is 186 g/mol. The van der Waals surface area contributed by atoms with Crippen molar-refractivity contribution in [3.05, 3.63) is 0 Å². The zero-order chi connectivity index (χ0) is 9.84. The van der Waals surface area contributed by atoms with Gasteiger partial charge in [0.2, 0.25) is 0 Å². The Labute approximate surface area is 83.5 Å². The van der Waals surface area contributed by atoms with Gasteiger partial charge in [0.05, 0.1) is 0 Å². The summed E-state index contributed by atoms with van der Waals surface area (Å²) in [4.78, 5) is 13.0. The van der Waals surface area contributed by atoms with Crippen molar-refractivity contribution in [2.75, 3.05) is 18.1 Å². The van der Waals surface area contributed by atoms with Crippen LogP contribution in [0, 0.1) is 0 Å². The van der Waals surface area contributed by atoms with Gasteiger partial charge >= 0.3 is 5.97 Å². The summed E-state index contributed by atoms with van der Waals surface area (Å²) in [5, 5.41) is 9.00. The Morgan fingerprint density at radius 3 is 3.00 bits per heavy atom. The number of hydrogen-bond acceptors (Lipinski definition) is 3. The lowest BCUT2D eigenvalue weighted by Gasteiger charge is -2.36. The van der Waals surface area contributed by atoms with Crippen LogP contribution in [-0.4, -0.2) is 46.1 Å². The topological polar surface area (TPSA) is 40.5 Å². The maximum absolute atomic E-state index is 10.9. The summed E-state index contributed by atoms with van der Waals surface area (Å²) < 4.78 is 0. The largest absolute Gasteiger partial charge is 0.480 e. The number of aliphatic carboxylic acids is 1. The van der Waals surface area contributed by atoms with Gasteiger partial charge in [0, 0.05) is 24.1 Å². The Morgan fingerprint density at radius 2 is 2.46 bits per heavy atom. The zero-order valence-electron chi connectivity index (χ0n) is 8.19. The van der Waals surface area contributed by atoms with Crippen LogP contribution in [0.3, 0.4) is 0 Å². The van der Waals surface area contributed by atoms with Crippen LogP contribution in [0.5, 0.6) is 0 Å². The molecule has 0 aliphatic carbocycles. The van der Waals surface area contributed by atoms with E-state index in [9.17, 15) is 4.79 Å². The predicted molar refractivity (Wildman–Crippen MR) is 55.2 cm³/mol. The van der Waals surface area contributed by atoms with E-state index >= 15 is 0 Å². The lowest BCUT2D eigenvalue weighted by molar-refractivity contribution is -0.143. The first-order valence-electron chi connectivity index (χ1n) is 4.73. The van der Waals surface area contributed by atoms with Crippen molar-refractivity contribution in [2.45, 2.75) is 32.4 Å². The van der Waals surface area contributed by atoms with Crippen LogP contribution in [0.15, 0.2) is 0 Å². The average molecular weight is 203 g/mol. The first kappa shape index (κ1) is 10.9. The van der Waals surface area contributed by atoms with Crippen molar-refractivity contribution in [3.8, 4) is 0 Å². The third-order valence-corrected chi connectivity index (χ3v) is 3.63. The average Bonchev–Trinajstić information content (AvgIpc) is 2.16. The molecule has 2 atom stereocenters. The molecular formula is C9H17NO2S. The molecule has 1 N–H and O–H groups in total. The molecule has 0 amide bonds. The van der Waals surface area contributed by atoms with Crippen molar-refractivity contribution in [2.24, 2.45) is 0 Å². The molecule has 3 nitrogen and oxygen atoms in total. The highest BCUT2D eigenvalue weighted by molar-refractivity contribution is 7.99. The fourth-order valence-corrected chi connectivity index (χ4v) is 2.66. The lowest BCUT2D eigenvalue weighted by Crippen LogP contribution is -2.51. The third-order valence-electron chi connectivity index (χ3n) is 2.61. The van der Waals surface area contributed by atoms with Gasteiger partial charge in [-0.3, -0.25) is 9.69 Å². The summed E-state index contributed by atoms with van der Waals surface area (Å²) in [5.41, 5.74) is 0. The van der Waals surface area contributed by atoms with E-state index < -0.39 is 5.97 Å². The molecule has 4 heteroatoms. The van der Waals surface area contributed by atoms with E-state index in [1.54, 1.807) is 11.8 Å². The Balaban J connectivity index is 2.61. The zero-order valence-corrected chi connectivity index (χ0v) is 9.01. The molecule has 0 radical (unpaired) electrons. The van der Waals surface area contributed by atoms with E-state index in [4.69, 9.17) is 5.11 Å². The van der Waals surface area contributed by atoms with Crippen LogP contribution < -0.4 is 0 Å². The van der Waals surface area contributed by atoms with Gasteiger partial charge in [0.25, 0.3) is 0 Å². The molecule has 1 rings (SSSR count). The second kappa shape index (κ2) is 4.86. The second-order valence-electron chi connectivity index (χ2n) is 3.42. The molecule has 76 valence electrons. The van der Waals surface area contributed by atoms with Gasteiger partial charge in [0.1, 0.15) is 6.04 Å². The molecule has 0 bridgehead atoms. The summed E-state index contributed by atoms with van der Waals surface area (Å²) in [6.07, 6.45) is 1.02. The fourth-order valence-electron chi connectivity index (χ4n) is 1.59. The van der Waals surface area contributed by atoms with Crippen molar-refractivity contribution in [1.29, 1.82) is 0 Å². The molecule has 2 unspecified atom stereocenters. The fraction of sp³-hybridized carbons (Fsp3) is 0.889. The van der Waals surface area contributed by atoms with Crippen LogP contribution in [0.25, 0.3) is 0 Å². The SMILES string of the molecule is CCC(C)N1CCSCC1C(=O)O. The summed E-state index contributed by atoms with van der Waals surface area (Å²) in [5.74, 6) is 1.13. The molecule has 0 aromatic carbocycles. The van der Waals surface area contributed by atoms with Crippen LogP contribution in [0.4, 0.5) is 0 Å². The molecule has 1 heterocycles. The van der Waals surface area contributed by atoms with Gasteiger partial charge in [-0.1, -0.05) is 6.92 Å². The first-order chi connectivity index (χ1) is 6.16. The van der Waals surface area contributed by atoms with Crippen LogP contribution in [0.2, 0.25) is 0 Å². The van der Waals surface area contributed by atoms with Crippen LogP contribution in [-0.2, 0) is 4.79 Å². The summed E-state index contributed by atoms with van der Waals surface area (Å²) >= 11 is 1.74. The normalized spacial score (nSPS) is 27.1. The molecule has 1 saturated heterocycles. The maximum Gasteiger partial charge on any atom is 0.321 e. The highest BCUT2D eigenvalue weighted by atomic mass is 32.2. The highest BCUT2D eigenvalue weighted by Crippen LogP contribution is 2.20. The van der Waals surface area contributed by atoms with Gasteiger partial charge in [0.15, 0.2) is 0 Å². The Kier molecular flexibility index (Phi) is 4.06. The van der Waals surface area contributed by atoms with E-state index in [2.05, 4.69) is 18.7 Å². The summed E-state index contributed by atoms with van der Waals surface area (Å²) in [6.45, 7) is 5.12. The van der Waals surface area contributed by atoms with E-state index in [1.165, 1.54) is 0 Å². The summed E-state index contributed by atoms with van der Waals surface area (Å²) in [6, 6.07) is 0.121. The minimum Gasteiger partial charge on any atom is -0.480 e. The van der Waals surface area contributed by atoms with E-state index in [-0.39, 0.29) is 6.04 Å². The van der Waals surface area contributed by atoms with Crippen LogP contribution in [0.1, 0.15) is 20.3 Å². The smallest absolute Gasteiger partial charge is 0.321 e. The second-order valence-corrected chi connectivity index (χ2v) is 4.57. The molecule has 0 aromatic rings. The van der Waals surface area contributed by atoms with Gasteiger partial charge in [-0.05, 0) is 13.3 Å². The highest BCUT2D eigenvalue weighted by Gasteiger charge is 2.30. The molecule has 0 aromatic heterocycles. The number of carboxylic acid groups (broad SMARTS) is 1. The quantitative estimate of drug-likeness (QED) is 0.750. The van der Waals surface area contributed by atoms with E-state index in [0.717, 1.165) is 24.5 Å². The maximum atomic E-state index is 10.9. The minimum atomic E-state index is -0.674. The third kappa shape index (κ3) is 2.61. The number of nitrogens with zero attached hydrogens (tertiary/aromatic N) is 1. The number of rotatable bonds is 3.